The third-order valence-corrected chi connectivity index (χ3v) is 1.94. The van der Waals surface area contributed by atoms with Crippen molar-refractivity contribution in [1.29, 1.82) is 0 Å². The quantitative estimate of drug-likeness (QED) is 0.516. The molecule has 4 N–H and O–H groups in total. The van der Waals surface area contributed by atoms with Crippen LogP contribution in [0.3, 0.4) is 0 Å². The van der Waals surface area contributed by atoms with Crippen LogP contribution in [-0.2, 0) is 0 Å². The van der Waals surface area contributed by atoms with E-state index in [9.17, 15) is 4.79 Å². The Hall–Kier alpha value is -1.22. The van der Waals surface area contributed by atoms with Crippen molar-refractivity contribution in [3.05, 3.63) is 22.7 Å². The number of rotatable bonds is 1. The highest BCUT2D eigenvalue weighted by Crippen LogP contribution is 2.28. The first-order valence-corrected chi connectivity index (χ1v) is 3.76. The highest BCUT2D eigenvalue weighted by atomic mass is 35.5. The minimum Gasteiger partial charge on any atom is -0.396 e. The van der Waals surface area contributed by atoms with Crippen LogP contribution in [-0.4, -0.2) is 5.78 Å². The van der Waals surface area contributed by atoms with Gasteiger partial charge in [-0.3, -0.25) is 4.79 Å². The Morgan fingerprint density at radius 1 is 1.33 bits per heavy atom. The molecule has 1 rings (SSSR count). The van der Waals surface area contributed by atoms with E-state index in [0.29, 0.717) is 10.6 Å². The molecule has 0 radical (unpaired) electrons. The molecule has 0 aliphatic heterocycles. The van der Waals surface area contributed by atoms with Gasteiger partial charge in [0.25, 0.3) is 0 Å². The molecule has 0 aliphatic carbocycles. The standard InChI is InChI=1S/C8H9ClN2O/c1-4(12)5-2-3-6(9)8(11)7(5)10/h2-3H,10-11H2,1H3. The van der Waals surface area contributed by atoms with Crippen molar-refractivity contribution in [1.82, 2.24) is 0 Å². The SMILES string of the molecule is CC(=O)c1ccc(Cl)c(N)c1N. The summed E-state index contributed by atoms with van der Waals surface area (Å²) in [5, 5.41) is 0.373. The summed E-state index contributed by atoms with van der Waals surface area (Å²) in [5.74, 6) is -0.115. The summed E-state index contributed by atoms with van der Waals surface area (Å²) in [6.45, 7) is 1.43. The lowest BCUT2D eigenvalue weighted by Gasteiger charge is -2.05. The van der Waals surface area contributed by atoms with Gasteiger partial charge in [-0.2, -0.15) is 0 Å². The van der Waals surface area contributed by atoms with Gasteiger partial charge in [-0.05, 0) is 19.1 Å². The van der Waals surface area contributed by atoms with E-state index >= 15 is 0 Å². The number of nitrogen functional groups attached to an aromatic ring is 2. The van der Waals surface area contributed by atoms with Crippen molar-refractivity contribution < 1.29 is 4.79 Å². The highest BCUT2D eigenvalue weighted by molar-refractivity contribution is 6.34. The average molecular weight is 185 g/mol. The lowest BCUT2D eigenvalue weighted by atomic mass is 10.1. The van der Waals surface area contributed by atoms with Crippen LogP contribution in [0.4, 0.5) is 11.4 Å². The number of anilines is 2. The van der Waals surface area contributed by atoms with Crippen LogP contribution >= 0.6 is 11.6 Å². The van der Waals surface area contributed by atoms with Crippen molar-refractivity contribution >= 4 is 28.8 Å². The first-order chi connectivity index (χ1) is 5.54. The second kappa shape index (κ2) is 3.03. The largest absolute Gasteiger partial charge is 0.396 e. The predicted octanol–water partition coefficient (Wildman–Crippen LogP) is 1.71. The average Bonchev–Trinajstić information content (AvgIpc) is 2.00. The van der Waals surface area contributed by atoms with E-state index < -0.39 is 0 Å². The van der Waals surface area contributed by atoms with E-state index in [1.165, 1.54) is 6.92 Å². The van der Waals surface area contributed by atoms with Crippen LogP contribution in [0, 0.1) is 0 Å². The molecular weight excluding hydrogens is 176 g/mol. The Morgan fingerprint density at radius 3 is 2.42 bits per heavy atom. The number of halogens is 1. The molecule has 0 unspecified atom stereocenters. The van der Waals surface area contributed by atoms with E-state index in [1.54, 1.807) is 12.1 Å². The third-order valence-electron chi connectivity index (χ3n) is 1.61. The molecule has 0 fully saturated rings. The number of carbonyl (C=O) groups is 1. The Morgan fingerprint density at radius 2 is 1.92 bits per heavy atom. The summed E-state index contributed by atoms with van der Waals surface area (Å²) in [6.07, 6.45) is 0. The molecule has 0 saturated heterocycles. The van der Waals surface area contributed by atoms with Gasteiger partial charge in [0.15, 0.2) is 5.78 Å². The maximum absolute atomic E-state index is 11.0. The van der Waals surface area contributed by atoms with Crippen LogP contribution in [0.1, 0.15) is 17.3 Å². The van der Waals surface area contributed by atoms with E-state index in [1.807, 2.05) is 0 Å². The van der Waals surface area contributed by atoms with Gasteiger partial charge in [-0.25, -0.2) is 0 Å². The van der Waals surface area contributed by atoms with Gasteiger partial charge in [0.05, 0.1) is 16.4 Å². The molecule has 0 saturated carbocycles. The summed E-state index contributed by atoms with van der Waals surface area (Å²) in [4.78, 5) is 11.0. The van der Waals surface area contributed by atoms with Gasteiger partial charge < -0.3 is 11.5 Å². The van der Waals surface area contributed by atoms with E-state index in [2.05, 4.69) is 0 Å². The Balaban J connectivity index is 3.36. The molecule has 0 bridgehead atoms. The number of nitrogens with two attached hydrogens (primary N) is 2. The van der Waals surface area contributed by atoms with Crippen LogP contribution < -0.4 is 11.5 Å². The fraction of sp³-hybridized carbons (Fsp3) is 0.125. The molecular formula is C8H9ClN2O. The Bertz CT molecular complexity index is 336. The zero-order valence-corrected chi connectivity index (χ0v) is 7.35. The fourth-order valence-corrected chi connectivity index (χ4v) is 1.08. The molecule has 1 aromatic carbocycles. The first-order valence-electron chi connectivity index (χ1n) is 3.38. The monoisotopic (exact) mass is 184 g/mol. The maximum atomic E-state index is 11.0. The second-order valence-corrected chi connectivity index (χ2v) is 2.89. The van der Waals surface area contributed by atoms with E-state index in [4.69, 9.17) is 23.1 Å². The summed E-state index contributed by atoms with van der Waals surface area (Å²) in [5.41, 5.74) is 12.0. The molecule has 1 aromatic rings. The normalized spacial score (nSPS) is 9.83. The molecule has 0 amide bonds. The van der Waals surface area contributed by atoms with Gasteiger partial charge in [0.2, 0.25) is 0 Å². The smallest absolute Gasteiger partial charge is 0.161 e. The molecule has 0 heterocycles. The number of Topliss-reactive ketones (excluding diaryl/α,β-unsaturated/α-hetero) is 1. The topological polar surface area (TPSA) is 69.1 Å². The number of carbonyl (C=O) groups excluding carboxylic acids is 1. The molecule has 0 aliphatic rings. The fourth-order valence-electron chi connectivity index (χ4n) is 0.917. The minimum atomic E-state index is -0.115. The Kier molecular flexibility index (Phi) is 2.24. The summed E-state index contributed by atoms with van der Waals surface area (Å²) in [6, 6.07) is 3.13. The van der Waals surface area contributed by atoms with Gasteiger partial charge >= 0.3 is 0 Å². The van der Waals surface area contributed by atoms with Crippen LogP contribution in [0.5, 0.6) is 0 Å². The van der Waals surface area contributed by atoms with Crippen LogP contribution in [0.2, 0.25) is 5.02 Å². The second-order valence-electron chi connectivity index (χ2n) is 2.48. The lowest BCUT2D eigenvalue weighted by molar-refractivity contribution is 0.101. The first kappa shape index (κ1) is 8.87. The molecule has 0 aromatic heterocycles. The molecule has 4 heteroatoms. The molecule has 0 atom stereocenters. The van der Waals surface area contributed by atoms with Crippen LogP contribution in [0.25, 0.3) is 0 Å². The molecule has 64 valence electrons. The van der Waals surface area contributed by atoms with Gasteiger partial charge in [0.1, 0.15) is 0 Å². The maximum Gasteiger partial charge on any atom is 0.161 e. The van der Waals surface area contributed by atoms with Crippen molar-refractivity contribution in [2.75, 3.05) is 11.5 Å². The van der Waals surface area contributed by atoms with Gasteiger partial charge in [-0.1, -0.05) is 11.6 Å². The van der Waals surface area contributed by atoms with Crippen molar-refractivity contribution in [2.45, 2.75) is 6.92 Å². The van der Waals surface area contributed by atoms with E-state index in [-0.39, 0.29) is 17.2 Å². The summed E-state index contributed by atoms with van der Waals surface area (Å²) < 4.78 is 0. The Labute approximate surface area is 75.3 Å². The van der Waals surface area contributed by atoms with Gasteiger partial charge in [-0.15, -0.1) is 0 Å². The summed E-state index contributed by atoms with van der Waals surface area (Å²) >= 11 is 5.67. The van der Waals surface area contributed by atoms with Crippen molar-refractivity contribution in [3.63, 3.8) is 0 Å². The number of benzene rings is 1. The zero-order valence-electron chi connectivity index (χ0n) is 6.60. The molecule has 12 heavy (non-hydrogen) atoms. The van der Waals surface area contributed by atoms with E-state index in [0.717, 1.165) is 0 Å². The minimum absolute atomic E-state index is 0.115. The highest BCUT2D eigenvalue weighted by Gasteiger charge is 2.09. The summed E-state index contributed by atoms with van der Waals surface area (Å²) in [7, 11) is 0. The van der Waals surface area contributed by atoms with Crippen molar-refractivity contribution in [2.24, 2.45) is 0 Å². The van der Waals surface area contributed by atoms with Crippen LogP contribution in [0.15, 0.2) is 12.1 Å². The third kappa shape index (κ3) is 1.36. The molecule has 0 spiro atoms. The lowest BCUT2D eigenvalue weighted by Crippen LogP contribution is -2.03. The molecule has 3 nitrogen and oxygen atoms in total. The van der Waals surface area contributed by atoms with Crippen molar-refractivity contribution in [3.8, 4) is 0 Å². The number of hydrogen-bond acceptors (Lipinski definition) is 3. The zero-order chi connectivity index (χ0) is 9.30. The number of ketones is 1. The van der Waals surface area contributed by atoms with Gasteiger partial charge in [0, 0.05) is 5.56 Å². The predicted molar refractivity (Wildman–Crippen MR) is 50.3 cm³/mol. The number of hydrogen-bond donors (Lipinski definition) is 2.